The Morgan fingerprint density at radius 1 is 1.18 bits per heavy atom. The number of ether oxygens (including phenoxy) is 2. The fraction of sp³-hybridized carbons (Fsp3) is 0.565. The van der Waals surface area contributed by atoms with Gasteiger partial charge in [0, 0.05) is 25.1 Å². The lowest BCUT2D eigenvalue weighted by molar-refractivity contribution is -0.148. The predicted molar refractivity (Wildman–Crippen MR) is 115 cm³/mol. The van der Waals surface area contributed by atoms with Crippen molar-refractivity contribution in [1.29, 1.82) is 0 Å². The zero-order valence-corrected chi connectivity index (χ0v) is 18.5. The van der Waals surface area contributed by atoms with Crippen molar-refractivity contribution in [2.24, 2.45) is 5.92 Å². The van der Waals surface area contributed by atoms with Crippen LogP contribution in [0.5, 0.6) is 0 Å². The van der Waals surface area contributed by atoms with Gasteiger partial charge in [0.15, 0.2) is 11.7 Å². The molecule has 2 heterocycles. The van der Waals surface area contributed by atoms with Crippen LogP contribution in [0.25, 0.3) is 11.1 Å². The Morgan fingerprint density at radius 3 is 2.64 bits per heavy atom. The lowest BCUT2D eigenvalue weighted by atomic mass is 9.84. The Balaban J connectivity index is 1.41. The zero-order valence-electron chi connectivity index (χ0n) is 18.5. The van der Waals surface area contributed by atoms with Crippen LogP contribution in [0.3, 0.4) is 0 Å². The molecule has 1 aliphatic carbocycles. The first-order valence-electron chi connectivity index (χ1n) is 11.4. The van der Waals surface area contributed by atoms with Crippen molar-refractivity contribution < 1.29 is 32.7 Å². The highest BCUT2D eigenvalue weighted by Gasteiger charge is 2.37. The lowest BCUT2D eigenvalue weighted by Gasteiger charge is -2.34. The van der Waals surface area contributed by atoms with E-state index in [4.69, 9.17) is 13.9 Å². The molecule has 0 radical (unpaired) electrons. The van der Waals surface area contributed by atoms with Crippen LogP contribution < -0.4 is 5.32 Å². The SMILES string of the molecule is C[C@H](NC(=O)O[C@H](C(=O)N1CCOCC1)C1CCCCC1)C(=O)c1nc2ccc(F)cc2o1. The number of fused-ring (bicyclic) bond motifs is 1. The molecule has 1 aliphatic heterocycles. The summed E-state index contributed by atoms with van der Waals surface area (Å²) in [6.07, 6.45) is 2.92. The van der Waals surface area contributed by atoms with E-state index in [0.29, 0.717) is 31.8 Å². The Bertz CT molecular complexity index is 1010. The number of hydrogen-bond donors (Lipinski definition) is 1. The summed E-state index contributed by atoms with van der Waals surface area (Å²) in [6.45, 7) is 3.30. The van der Waals surface area contributed by atoms with Gasteiger partial charge < -0.3 is 24.1 Å². The molecule has 178 valence electrons. The Kier molecular flexibility index (Phi) is 7.22. The average molecular weight is 461 g/mol. The van der Waals surface area contributed by atoms with Crippen molar-refractivity contribution in [2.45, 2.75) is 51.2 Å². The van der Waals surface area contributed by atoms with Crippen LogP contribution in [0.15, 0.2) is 22.6 Å². The third-order valence-electron chi connectivity index (χ3n) is 6.17. The number of nitrogens with one attached hydrogen (secondary N) is 1. The zero-order chi connectivity index (χ0) is 23.4. The van der Waals surface area contributed by atoms with Crippen LogP contribution in [-0.2, 0) is 14.3 Å². The first-order valence-corrected chi connectivity index (χ1v) is 11.4. The van der Waals surface area contributed by atoms with Gasteiger partial charge in [0.25, 0.3) is 11.8 Å². The Morgan fingerprint density at radius 2 is 1.91 bits per heavy atom. The topological polar surface area (TPSA) is 111 Å². The highest BCUT2D eigenvalue weighted by atomic mass is 19.1. The summed E-state index contributed by atoms with van der Waals surface area (Å²) in [5.41, 5.74) is 0.476. The molecule has 2 amide bonds. The standard InChI is InChI=1S/C23H28FN3O6/c1-14(19(28)21-26-17-8-7-16(24)13-18(17)32-21)25-23(30)33-20(15-5-3-2-4-6-15)22(29)27-9-11-31-12-10-27/h7-8,13-15,20H,2-6,9-12H2,1H3,(H,25,30)/t14-,20-/m0/s1. The molecular weight excluding hydrogens is 433 g/mol. The van der Waals surface area contributed by atoms with E-state index in [-0.39, 0.29) is 23.3 Å². The van der Waals surface area contributed by atoms with Crippen LogP contribution >= 0.6 is 0 Å². The van der Waals surface area contributed by atoms with E-state index in [1.807, 2.05) is 0 Å². The summed E-state index contributed by atoms with van der Waals surface area (Å²) in [4.78, 5) is 44.2. The molecule has 1 aromatic heterocycles. The van der Waals surface area contributed by atoms with Crippen molar-refractivity contribution in [1.82, 2.24) is 15.2 Å². The van der Waals surface area contributed by atoms with Gasteiger partial charge in [-0.3, -0.25) is 9.59 Å². The predicted octanol–water partition coefficient (Wildman–Crippen LogP) is 3.07. The maximum atomic E-state index is 13.4. The van der Waals surface area contributed by atoms with Crippen molar-refractivity contribution in [3.8, 4) is 0 Å². The number of halogens is 1. The first kappa shape index (κ1) is 23.2. The van der Waals surface area contributed by atoms with Crippen molar-refractivity contribution in [3.05, 3.63) is 29.9 Å². The minimum atomic E-state index is -1.01. The number of morpholine rings is 1. The quantitative estimate of drug-likeness (QED) is 0.658. The molecule has 1 aromatic carbocycles. The number of aromatic nitrogens is 1. The van der Waals surface area contributed by atoms with E-state index < -0.39 is 29.8 Å². The fourth-order valence-electron chi connectivity index (χ4n) is 4.33. The smallest absolute Gasteiger partial charge is 0.408 e. The molecule has 2 fully saturated rings. The number of alkyl carbamates (subject to hydrolysis) is 1. The summed E-state index contributed by atoms with van der Waals surface area (Å²) in [6, 6.07) is 2.75. The van der Waals surface area contributed by atoms with Crippen LogP contribution in [0.4, 0.5) is 9.18 Å². The van der Waals surface area contributed by atoms with Crippen molar-refractivity contribution >= 4 is 28.9 Å². The molecule has 9 nitrogen and oxygen atoms in total. The summed E-state index contributed by atoms with van der Waals surface area (Å²) < 4.78 is 29.6. The lowest BCUT2D eigenvalue weighted by Crippen LogP contribution is -2.51. The molecule has 2 aliphatic rings. The van der Waals surface area contributed by atoms with Gasteiger partial charge in [-0.15, -0.1) is 0 Å². The third-order valence-corrected chi connectivity index (χ3v) is 6.17. The number of Topliss-reactive ketones (excluding diaryl/α,β-unsaturated/α-hetero) is 1. The number of hydrogen-bond acceptors (Lipinski definition) is 7. The largest absolute Gasteiger partial charge is 0.436 e. The van der Waals surface area contributed by atoms with E-state index in [1.165, 1.54) is 19.1 Å². The van der Waals surface area contributed by atoms with Crippen molar-refractivity contribution in [3.63, 3.8) is 0 Å². The number of rotatable bonds is 6. The van der Waals surface area contributed by atoms with E-state index in [2.05, 4.69) is 10.3 Å². The average Bonchev–Trinajstić information content (AvgIpc) is 3.26. The van der Waals surface area contributed by atoms with Gasteiger partial charge in [-0.25, -0.2) is 14.2 Å². The van der Waals surface area contributed by atoms with Gasteiger partial charge in [0.2, 0.25) is 5.78 Å². The summed E-state index contributed by atoms with van der Waals surface area (Å²) in [5, 5.41) is 2.48. The van der Waals surface area contributed by atoms with Crippen LogP contribution in [-0.4, -0.2) is 66.1 Å². The van der Waals surface area contributed by atoms with E-state index >= 15 is 0 Å². The minimum Gasteiger partial charge on any atom is -0.436 e. The molecule has 0 unspecified atom stereocenters. The number of nitrogens with zero attached hydrogens (tertiary/aromatic N) is 2. The molecule has 33 heavy (non-hydrogen) atoms. The van der Waals surface area contributed by atoms with E-state index in [9.17, 15) is 18.8 Å². The Labute approximate surface area is 190 Å². The number of carbonyl (C=O) groups is 3. The number of oxazole rings is 1. The first-order chi connectivity index (χ1) is 15.9. The second-order valence-electron chi connectivity index (χ2n) is 8.52. The van der Waals surface area contributed by atoms with Crippen LogP contribution in [0.1, 0.15) is 49.7 Å². The number of carbonyl (C=O) groups excluding carboxylic acids is 3. The van der Waals surface area contributed by atoms with Gasteiger partial charge in [0.1, 0.15) is 11.3 Å². The van der Waals surface area contributed by atoms with Gasteiger partial charge in [-0.05, 0) is 31.9 Å². The molecule has 1 saturated heterocycles. The monoisotopic (exact) mass is 461 g/mol. The molecule has 0 spiro atoms. The molecule has 1 saturated carbocycles. The van der Waals surface area contributed by atoms with Crippen molar-refractivity contribution in [2.75, 3.05) is 26.3 Å². The van der Waals surface area contributed by atoms with Crippen LogP contribution in [0, 0.1) is 11.7 Å². The second kappa shape index (κ2) is 10.3. The molecule has 0 bridgehead atoms. The Hall–Kier alpha value is -3.01. The van der Waals surface area contributed by atoms with Crippen LogP contribution in [0.2, 0.25) is 0 Å². The number of benzene rings is 1. The second-order valence-corrected chi connectivity index (χ2v) is 8.52. The van der Waals surface area contributed by atoms with Gasteiger partial charge in [0.05, 0.1) is 19.3 Å². The summed E-state index contributed by atoms with van der Waals surface area (Å²) >= 11 is 0. The molecule has 2 atom stereocenters. The minimum absolute atomic E-state index is 0.0576. The normalized spacial score (nSPS) is 19.2. The van der Waals surface area contributed by atoms with Gasteiger partial charge in [-0.2, -0.15) is 0 Å². The molecule has 10 heteroatoms. The maximum absolute atomic E-state index is 13.4. The van der Waals surface area contributed by atoms with E-state index in [0.717, 1.165) is 38.2 Å². The highest BCUT2D eigenvalue weighted by Crippen LogP contribution is 2.29. The summed E-state index contributed by atoms with van der Waals surface area (Å²) in [7, 11) is 0. The molecular formula is C23H28FN3O6. The fourth-order valence-corrected chi connectivity index (χ4v) is 4.33. The number of amides is 2. The maximum Gasteiger partial charge on any atom is 0.408 e. The highest BCUT2D eigenvalue weighted by molar-refractivity contribution is 5.99. The molecule has 4 rings (SSSR count). The van der Waals surface area contributed by atoms with Gasteiger partial charge in [-0.1, -0.05) is 19.3 Å². The van der Waals surface area contributed by atoms with Gasteiger partial charge >= 0.3 is 6.09 Å². The molecule has 1 N–H and O–H groups in total. The molecule has 2 aromatic rings. The van der Waals surface area contributed by atoms with E-state index in [1.54, 1.807) is 4.90 Å². The number of ketones is 1. The summed E-state index contributed by atoms with van der Waals surface area (Å²) in [5.74, 6) is -1.61. The third kappa shape index (κ3) is 5.50.